The number of aryl methyl sites for hydroxylation is 1. The highest BCUT2D eigenvalue weighted by molar-refractivity contribution is 5.83. The van der Waals surface area contributed by atoms with Crippen molar-refractivity contribution in [3.63, 3.8) is 0 Å². The Hall–Kier alpha value is -1.69. The van der Waals surface area contributed by atoms with E-state index in [1.165, 1.54) is 0 Å². The van der Waals surface area contributed by atoms with Crippen LogP contribution < -0.4 is 10.1 Å². The quantitative estimate of drug-likeness (QED) is 0.907. The Balaban J connectivity index is 1.67. The van der Waals surface area contributed by atoms with E-state index in [0.29, 0.717) is 18.1 Å². The van der Waals surface area contributed by atoms with Crippen molar-refractivity contribution >= 4 is 5.91 Å². The smallest absolute Gasteiger partial charge is 0.237 e. The highest BCUT2D eigenvalue weighted by Gasteiger charge is 2.53. The fourth-order valence-corrected chi connectivity index (χ4v) is 3.30. The number of ether oxygens (including phenoxy) is 2. The third kappa shape index (κ3) is 2.48. The summed E-state index contributed by atoms with van der Waals surface area (Å²) in [5, 5.41) is 2.96. The second-order valence-corrected chi connectivity index (χ2v) is 6.10. The molecule has 6 heteroatoms. The zero-order chi connectivity index (χ0) is 15.0. The summed E-state index contributed by atoms with van der Waals surface area (Å²) in [5.74, 6) is 0.490. The number of carbonyl (C=O) groups excluding carboxylic acids is 1. The Labute approximate surface area is 124 Å². The predicted molar refractivity (Wildman–Crippen MR) is 75.8 cm³/mol. The van der Waals surface area contributed by atoms with Crippen LogP contribution in [0.3, 0.4) is 0 Å². The number of aromatic nitrogens is 2. The minimum absolute atomic E-state index is 0.0270. The Morgan fingerprint density at radius 1 is 1.57 bits per heavy atom. The highest BCUT2D eigenvalue weighted by Crippen LogP contribution is 2.47. The van der Waals surface area contributed by atoms with E-state index in [1.54, 1.807) is 13.3 Å². The number of nitrogens with one attached hydrogen (secondary N) is 1. The van der Waals surface area contributed by atoms with Gasteiger partial charge in [-0.2, -0.15) is 0 Å². The maximum atomic E-state index is 12.5. The maximum Gasteiger partial charge on any atom is 0.237 e. The standard InChI is InChI=1S/C15H21N3O3/c1-9-7-16-11(13(18-9)20-3)8-17-14(19)15(2)6-10-4-5-12(15)21-10/h7,10,12H,4-6,8H2,1-3H3,(H,17,19)/t10-,12+,15-/m0/s1. The molecule has 2 saturated heterocycles. The van der Waals surface area contributed by atoms with Gasteiger partial charge in [0.25, 0.3) is 0 Å². The molecule has 114 valence electrons. The van der Waals surface area contributed by atoms with Gasteiger partial charge in [0.1, 0.15) is 5.69 Å². The summed E-state index contributed by atoms with van der Waals surface area (Å²) in [6.45, 7) is 4.16. The van der Waals surface area contributed by atoms with Crippen molar-refractivity contribution in [3.8, 4) is 5.88 Å². The number of rotatable bonds is 4. The minimum Gasteiger partial charge on any atom is -0.480 e. The molecule has 0 radical (unpaired) electrons. The first kappa shape index (κ1) is 14.3. The lowest BCUT2D eigenvalue weighted by atomic mass is 9.75. The SMILES string of the molecule is COc1nc(C)cnc1CNC(=O)[C@@]1(C)C[C@@H]2CC[C@H]1O2. The molecule has 21 heavy (non-hydrogen) atoms. The van der Waals surface area contributed by atoms with Gasteiger partial charge >= 0.3 is 0 Å². The molecule has 1 aromatic rings. The van der Waals surface area contributed by atoms with Gasteiger partial charge in [0, 0.05) is 6.20 Å². The molecule has 2 bridgehead atoms. The molecule has 0 unspecified atom stereocenters. The summed E-state index contributed by atoms with van der Waals surface area (Å²) >= 11 is 0. The Bertz CT molecular complexity index is 563. The van der Waals surface area contributed by atoms with Gasteiger partial charge in [0.2, 0.25) is 11.8 Å². The Kier molecular flexibility index (Phi) is 3.57. The van der Waals surface area contributed by atoms with Gasteiger partial charge < -0.3 is 14.8 Å². The van der Waals surface area contributed by atoms with E-state index in [-0.39, 0.29) is 18.1 Å². The van der Waals surface area contributed by atoms with Crippen molar-refractivity contribution < 1.29 is 14.3 Å². The second kappa shape index (κ2) is 5.26. The van der Waals surface area contributed by atoms with Crippen LogP contribution in [0.25, 0.3) is 0 Å². The normalized spacial score (nSPS) is 30.4. The summed E-state index contributed by atoms with van der Waals surface area (Å²) in [6, 6.07) is 0. The van der Waals surface area contributed by atoms with Crippen LogP contribution in [0.2, 0.25) is 0 Å². The van der Waals surface area contributed by atoms with Gasteiger partial charge in [-0.05, 0) is 33.1 Å². The van der Waals surface area contributed by atoms with Crippen molar-refractivity contribution in [3.05, 3.63) is 17.6 Å². The van der Waals surface area contributed by atoms with Crippen LogP contribution in [0.15, 0.2) is 6.20 Å². The average molecular weight is 291 g/mol. The van der Waals surface area contributed by atoms with Crippen molar-refractivity contribution in [1.82, 2.24) is 15.3 Å². The van der Waals surface area contributed by atoms with Crippen LogP contribution >= 0.6 is 0 Å². The molecular weight excluding hydrogens is 270 g/mol. The third-order valence-corrected chi connectivity index (χ3v) is 4.53. The molecule has 0 aromatic carbocycles. The molecule has 3 heterocycles. The highest BCUT2D eigenvalue weighted by atomic mass is 16.5. The fourth-order valence-electron chi connectivity index (χ4n) is 3.30. The number of amides is 1. The number of nitrogens with zero attached hydrogens (tertiary/aromatic N) is 2. The summed E-state index contributed by atoms with van der Waals surface area (Å²) in [6.07, 6.45) is 4.83. The van der Waals surface area contributed by atoms with Crippen LogP contribution in [0.5, 0.6) is 5.88 Å². The van der Waals surface area contributed by atoms with Gasteiger partial charge in [0.05, 0.1) is 37.0 Å². The third-order valence-electron chi connectivity index (χ3n) is 4.53. The van der Waals surface area contributed by atoms with E-state index in [4.69, 9.17) is 9.47 Å². The average Bonchev–Trinajstić information content (AvgIpc) is 3.06. The Morgan fingerprint density at radius 3 is 3.00 bits per heavy atom. The first-order valence-corrected chi connectivity index (χ1v) is 7.33. The van der Waals surface area contributed by atoms with E-state index in [9.17, 15) is 4.79 Å². The molecule has 3 atom stereocenters. The molecule has 1 aromatic heterocycles. The van der Waals surface area contributed by atoms with E-state index in [0.717, 1.165) is 25.0 Å². The minimum atomic E-state index is -0.422. The molecule has 6 nitrogen and oxygen atoms in total. The number of hydrogen-bond acceptors (Lipinski definition) is 5. The van der Waals surface area contributed by atoms with Gasteiger partial charge in [-0.3, -0.25) is 9.78 Å². The van der Waals surface area contributed by atoms with Crippen LogP contribution in [-0.2, 0) is 16.1 Å². The van der Waals surface area contributed by atoms with Gasteiger partial charge in [-0.25, -0.2) is 4.98 Å². The van der Waals surface area contributed by atoms with Gasteiger partial charge in [-0.1, -0.05) is 0 Å². The second-order valence-electron chi connectivity index (χ2n) is 6.10. The van der Waals surface area contributed by atoms with Crippen molar-refractivity contribution in [2.45, 2.75) is 51.9 Å². The summed E-state index contributed by atoms with van der Waals surface area (Å²) in [5.41, 5.74) is 1.01. The molecule has 2 fully saturated rings. The van der Waals surface area contributed by atoms with E-state index in [1.807, 2.05) is 13.8 Å². The Morgan fingerprint density at radius 2 is 2.38 bits per heavy atom. The maximum absolute atomic E-state index is 12.5. The lowest BCUT2D eigenvalue weighted by Crippen LogP contribution is -2.44. The number of hydrogen-bond donors (Lipinski definition) is 1. The van der Waals surface area contributed by atoms with Crippen LogP contribution in [0.1, 0.15) is 37.6 Å². The predicted octanol–water partition coefficient (Wildman–Crippen LogP) is 1.37. The largest absolute Gasteiger partial charge is 0.480 e. The molecule has 0 aliphatic carbocycles. The first-order chi connectivity index (χ1) is 10.0. The van der Waals surface area contributed by atoms with Gasteiger partial charge in [-0.15, -0.1) is 0 Å². The molecule has 0 saturated carbocycles. The molecule has 2 aliphatic rings. The summed E-state index contributed by atoms with van der Waals surface area (Å²) in [4.78, 5) is 21.1. The van der Waals surface area contributed by atoms with Crippen molar-refractivity contribution in [2.75, 3.05) is 7.11 Å². The van der Waals surface area contributed by atoms with E-state index >= 15 is 0 Å². The van der Waals surface area contributed by atoms with Crippen molar-refractivity contribution in [2.24, 2.45) is 5.41 Å². The fraction of sp³-hybridized carbons (Fsp3) is 0.667. The number of carbonyl (C=O) groups is 1. The topological polar surface area (TPSA) is 73.3 Å². The molecule has 2 aliphatic heterocycles. The van der Waals surface area contributed by atoms with Crippen LogP contribution in [0, 0.1) is 12.3 Å². The zero-order valence-corrected chi connectivity index (χ0v) is 12.7. The van der Waals surface area contributed by atoms with E-state index < -0.39 is 5.41 Å². The van der Waals surface area contributed by atoms with Gasteiger partial charge in [0.15, 0.2) is 0 Å². The van der Waals surface area contributed by atoms with Crippen molar-refractivity contribution in [1.29, 1.82) is 0 Å². The first-order valence-electron chi connectivity index (χ1n) is 7.33. The summed E-state index contributed by atoms with van der Waals surface area (Å²) in [7, 11) is 1.56. The molecule has 0 spiro atoms. The van der Waals surface area contributed by atoms with Crippen LogP contribution in [-0.4, -0.2) is 35.2 Å². The molecule has 1 N–H and O–H groups in total. The summed E-state index contributed by atoms with van der Waals surface area (Å²) < 4.78 is 11.0. The molecule has 3 rings (SSSR count). The zero-order valence-electron chi connectivity index (χ0n) is 12.7. The molecular formula is C15H21N3O3. The molecule has 1 amide bonds. The monoisotopic (exact) mass is 291 g/mol. The van der Waals surface area contributed by atoms with E-state index in [2.05, 4.69) is 15.3 Å². The lowest BCUT2D eigenvalue weighted by Gasteiger charge is -2.29. The number of fused-ring (bicyclic) bond motifs is 2. The number of methoxy groups -OCH3 is 1. The van der Waals surface area contributed by atoms with Crippen LogP contribution in [0.4, 0.5) is 0 Å². The lowest BCUT2D eigenvalue weighted by molar-refractivity contribution is -0.133.